The maximum atomic E-state index is 14.2. The molecule has 2 fully saturated rings. The Balaban J connectivity index is 1.50. The van der Waals surface area contributed by atoms with Crippen LogP contribution in [0.1, 0.15) is 23.1 Å². The van der Waals surface area contributed by atoms with Crippen molar-refractivity contribution in [2.75, 3.05) is 39.1 Å². The second-order valence-corrected chi connectivity index (χ2v) is 13.1. The standard InChI is InChI=1S/C32H34BrCl2N5O4/c1-36(2)31-22(15-24(34)16-26(31)35)17-38-18-28-39(27(32(38)44)14-21-7-10-25(41)11-8-21)30(43)19-37(3)40(28)29(42)12-9-20-5-4-6-23(33)13-20/h4-8,10-11,13,15-16,27-28,41H,9,12,14,17-19H2,1-3H3/t27-,28?/m0/s1. The Morgan fingerprint density at radius 3 is 2.45 bits per heavy atom. The molecule has 0 saturated carbocycles. The Kier molecular flexibility index (Phi) is 9.74. The van der Waals surface area contributed by atoms with Crippen LogP contribution in [0, 0.1) is 0 Å². The molecule has 5 rings (SSSR count). The molecule has 2 aliphatic rings. The van der Waals surface area contributed by atoms with E-state index in [9.17, 15) is 19.5 Å². The minimum absolute atomic E-state index is 0.0346. The Bertz CT molecular complexity index is 1570. The van der Waals surface area contributed by atoms with Crippen LogP contribution in [-0.4, -0.2) is 89.1 Å². The molecule has 2 atom stereocenters. The van der Waals surface area contributed by atoms with Gasteiger partial charge in [-0.2, -0.15) is 0 Å². The molecular formula is C32H34BrCl2N5O4. The maximum Gasteiger partial charge on any atom is 0.246 e. The molecule has 1 unspecified atom stereocenters. The molecule has 3 aromatic rings. The van der Waals surface area contributed by atoms with Crippen molar-refractivity contribution in [1.82, 2.24) is 19.8 Å². The summed E-state index contributed by atoms with van der Waals surface area (Å²) in [5.74, 6) is -0.512. The first-order chi connectivity index (χ1) is 20.9. The lowest BCUT2D eigenvalue weighted by Gasteiger charge is -2.54. The van der Waals surface area contributed by atoms with Gasteiger partial charge in [-0.1, -0.05) is 63.4 Å². The summed E-state index contributed by atoms with van der Waals surface area (Å²) in [5.41, 5.74) is 3.28. The number of hydrogen-bond acceptors (Lipinski definition) is 6. The number of halogens is 3. The van der Waals surface area contributed by atoms with E-state index < -0.39 is 12.2 Å². The van der Waals surface area contributed by atoms with Crippen molar-refractivity contribution >= 4 is 62.5 Å². The number of anilines is 1. The highest BCUT2D eigenvalue weighted by Crippen LogP contribution is 2.35. The smallest absolute Gasteiger partial charge is 0.246 e. The third-order valence-corrected chi connectivity index (χ3v) is 8.99. The van der Waals surface area contributed by atoms with Crippen molar-refractivity contribution in [2.45, 2.75) is 38.0 Å². The molecule has 3 amide bonds. The van der Waals surface area contributed by atoms with Gasteiger partial charge in [0.1, 0.15) is 18.0 Å². The molecule has 3 aromatic carbocycles. The summed E-state index contributed by atoms with van der Waals surface area (Å²) in [7, 11) is 5.46. The van der Waals surface area contributed by atoms with Crippen molar-refractivity contribution in [1.29, 1.82) is 0 Å². The lowest BCUT2D eigenvalue weighted by Crippen LogP contribution is -2.75. The van der Waals surface area contributed by atoms with Gasteiger partial charge in [0.05, 0.1) is 23.8 Å². The fourth-order valence-corrected chi connectivity index (χ4v) is 7.22. The number of carbonyl (C=O) groups excluding carboxylic acids is 3. The van der Waals surface area contributed by atoms with Crippen LogP contribution in [0.2, 0.25) is 10.0 Å². The first kappa shape index (κ1) is 32.1. The van der Waals surface area contributed by atoms with Crippen molar-refractivity contribution in [3.05, 3.63) is 91.9 Å². The largest absolute Gasteiger partial charge is 0.508 e. The Morgan fingerprint density at radius 2 is 1.77 bits per heavy atom. The number of carbonyl (C=O) groups is 3. The number of amides is 3. The van der Waals surface area contributed by atoms with E-state index in [1.54, 1.807) is 63.3 Å². The van der Waals surface area contributed by atoms with Gasteiger partial charge in [-0.3, -0.25) is 19.4 Å². The first-order valence-electron chi connectivity index (χ1n) is 14.2. The third-order valence-electron chi connectivity index (χ3n) is 7.99. The average Bonchev–Trinajstić information content (AvgIpc) is 2.94. The van der Waals surface area contributed by atoms with Gasteiger partial charge in [0.15, 0.2) is 0 Å². The minimum Gasteiger partial charge on any atom is -0.508 e. The molecule has 44 heavy (non-hydrogen) atoms. The van der Waals surface area contributed by atoms with Gasteiger partial charge >= 0.3 is 0 Å². The molecule has 0 aromatic heterocycles. The van der Waals surface area contributed by atoms with Crippen molar-refractivity contribution in [2.24, 2.45) is 0 Å². The summed E-state index contributed by atoms with van der Waals surface area (Å²) in [6.07, 6.45) is 0.257. The molecule has 0 radical (unpaired) electrons. The number of likely N-dealkylation sites (N-methyl/N-ethyl adjacent to an activating group) is 1. The average molecular weight is 703 g/mol. The molecule has 9 nitrogen and oxygen atoms in total. The van der Waals surface area contributed by atoms with Crippen LogP contribution >= 0.6 is 39.1 Å². The molecule has 0 aliphatic carbocycles. The second kappa shape index (κ2) is 13.4. The van der Waals surface area contributed by atoms with Gasteiger partial charge in [-0.15, -0.1) is 0 Å². The number of phenolic OH excluding ortho intramolecular Hbond substituents is 1. The number of piperazine rings is 1. The topological polar surface area (TPSA) is 87.6 Å². The van der Waals surface area contributed by atoms with E-state index in [0.29, 0.717) is 16.5 Å². The van der Waals surface area contributed by atoms with Crippen LogP contribution in [0.3, 0.4) is 0 Å². The fourth-order valence-electron chi connectivity index (χ4n) is 6.07. The number of benzene rings is 3. The summed E-state index contributed by atoms with van der Waals surface area (Å²) in [6.45, 7) is 0.259. The van der Waals surface area contributed by atoms with Crippen molar-refractivity contribution in [3.8, 4) is 5.75 Å². The zero-order chi connectivity index (χ0) is 31.7. The van der Waals surface area contributed by atoms with E-state index in [1.165, 1.54) is 0 Å². The summed E-state index contributed by atoms with van der Waals surface area (Å²) in [6, 6.07) is 17.0. The van der Waals surface area contributed by atoms with Crippen molar-refractivity contribution < 1.29 is 19.5 Å². The molecule has 232 valence electrons. The predicted octanol–water partition coefficient (Wildman–Crippen LogP) is 4.96. The lowest BCUT2D eigenvalue weighted by molar-refractivity contribution is -0.202. The minimum atomic E-state index is -0.864. The Hall–Kier alpha value is -3.31. The van der Waals surface area contributed by atoms with Gasteiger partial charge in [0, 0.05) is 50.0 Å². The van der Waals surface area contributed by atoms with Crippen LogP contribution in [-0.2, 0) is 33.8 Å². The Labute approximate surface area is 275 Å². The van der Waals surface area contributed by atoms with Crippen LogP contribution in [0.25, 0.3) is 0 Å². The number of fused-ring (bicyclic) bond motifs is 1. The number of aromatic hydroxyl groups is 1. The fraction of sp³-hybridized carbons (Fsp3) is 0.344. The van der Waals surface area contributed by atoms with Crippen LogP contribution in [0.15, 0.2) is 65.1 Å². The predicted molar refractivity (Wildman–Crippen MR) is 174 cm³/mol. The molecule has 0 bridgehead atoms. The van der Waals surface area contributed by atoms with E-state index >= 15 is 0 Å². The quantitative estimate of drug-likeness (QED) is 0.358. The van der Waals surface area contributed by atoms with E-state index in [2.05, 4.69) is 15.9 Å². The van der Waals surface area contributed by atoms with Gasteiger partial charge in [0.2, 0.25) is 17.7 Å². The summed E-state index contributed by atoms with van der Waals surface area (Å²) >= 11 is 16.5. The number of phenols is 1. The molecule has 2 heterocycles. The third kappa shape index (κ3) is 6.83. The summed E-state index contributed by atoms with van der Waals surface area (Å²) < 4.78 is 0.936. The highest BCUT2D eigenvalue weighted by atomic mass is 79.9. The normalized spacial score (nSPS) is 18.9. The SMILES string of the molecule is CN(C)c1c(Cl)cc(Cl)cc1CN1CC2N(C(=O)CN(C)N2C(=O)CCc2cccc(Br)c2)[C@@H](Cc2ccc(O)cc2)C1=O. The number of rotatable bonds is 8. The zero-order valence-electron chi connectivity index (χ0n) is 24.7. The molecule has 0 spiro atoms. The first-order valence-corrected chi connectivity index (χ1v) is 15.8. The molecule has 2 saturated heterocycles. The van der Waals surface area contributed by atoms with Gasteiger partial charge in [-0.05, 0) is 59.5 Å². The highest BCUT2D eigenvalue weighted by Gasteiger charge is 2.50. The van der Waals surface area contributed by atoms with Crippen LogP contribution in [0.4, 0.5) is 5.69 Å². The number of hydrazine groups is 1. The molecule has 12 heteroatoms. The Morgan fingerprint density at radius 1 is 1.05 bits per heavy atom. The lowest BCUT2D eigenvalue weighted by atomic mass is 9.98. The molecule has 2 aliphatic heterocycles. The van der Waals surface area contributed by atoms with Gasteiger partial charge < -0.3 is 19.8 Å². The number of aryl methyl sites for hydroxylation is 1. The molecular weight excluding hydrogens is 669 g/mol. The van der Waals surface area contributed by atoms with Crippen LogP contribution < -0.4 is 4.90 Å². The number of nitrogens with zero attached hydrogens (tertiary/aromatic N) is 5. The van der Waals surface area contributed by atoms with Crippen molar-refractivity contribution in [3.63, 3.8) is 0 Å². The number of hydrogen-bond donors (Lipinski definition) is 1. The van der Waals surface area contributed by atoms with E-state index in [-0.39, 0.29) is 55.9 Å². The monoisotopic (exact) mass is 701 g/mol. The summed E-state index contributed by atoms with van der Waals surface area (Å²) in [5, 5.41) is 14.0. The molecule has 1 N–H and O–H groups in total. The van der Waals surface area contributed by atoms with Gasteiger partial charge in [-0.25, -0.2) is 5.01 Å². The van der Waals surface area contributed by atoms with Gasteiger partial charge in [0.25, 0.3) is 0 Å². The van der Waals surface area contributed by atoms with E-state index in [0.717, 1.165) is 26.9 Å². The maximum absolute atomic E-state index is 14.2. The summed E-state index contributed by atoms with van der Waals surface area (Å²) in [4.78, 5) is 46.8. The zero-order valence-corrected chi connectivity index (χ0v) is 27.8. The second-order valence-electron chi connectivity index (χ2n) is 11.4. The van der Waals surface area contributed by atoms with Crippen LogP contribution in [0.5, 0.6) is 5.75 Å². The van der Waals surface area contributed by atoms with E-state index in [4.69, 9.17) is 23.2 Å². The van der Waals surface area contributed by atoms with E-state index in [1.807, 2.05) is 43.3 Å². The highest BCUT2D eigenvalue weighted by molar-refractivity contribution is 9.10.